The topological polar surface area (TPSA) is 59.4 Å². The third-order valence-corrected chi connectivity index (χ3v) is 1.29. The molecule has 0 bridgehead atoms. The molecule has 13 heavy (non-hydrogen) atoms. The van der Waals surface area contributed by atoms with Crippen molar-refractivity contribution in [3.63, 3.8) is 0 Å². The predicted molar refractivity (Wildman–Crippen MR) is 46.9 cm³/mol. The molecule has 0 aromatic carbocycles. The average Bonchev–Trinajstić information content (AvgIpc) is 2.15. The minimum absolute atomic E-state index is 0.0263. The van der Waals surface area contributed by atoms with E-state index in [1.807, 2.05) is 0 Å². The minimum atomic E-state index is -1.07. The van der Waals surface area contributed by atoms with Gasteiger partial charge in [-0.1, -0.05) is 18.7 Å². The van der Waals surface area contributed by atoms with Gasteiger partial charge >= 0.3 is 5.97 Å². The molecule has 0 spiro atoms. The molecule has 1 aromatic rings. The van der Waals surface area contributed by atoms with Gasteiger partial charge in [-0.25, -0.2) is 9.78 Å². The monoisotopic (exact) mass is 179 g/mol. The first-order valence-corrected chi connectivity index (χ1v) is 3.68. The quantitative estimate of drug-likeness (QED) is 0.708. The number of aromatic nitrogens is 1. The number of carboxylic acids is 1. The largest absolute Gasteiger partial charge is 0.477 e. The van der Waals surface area contributed by atoms with E-state index in [-0.39, 0.29) is 5.69 Å². The van der Waals surface area contributed by atoms with Crippen molar-refractivity contribution in [2.24, 2.45) is 0 Å². The van der Waals surface area contributed by atoms with E-state index < -0.39 is 5.97 Å². The summed E-state index contributed by atoms with van der Waals surface area (Å²) in [5.41, 5.74) is -0.0263. The first kappa shape index (κ1) is 9.25. The Labute approximate surface area is 75.5 Å². The molecule has 1 N–H and O–H groups in total. The molecule has 0 saturated heterocycles. The van der Waals surface area contributed by atoms with Crippen LogP contribution in [0.3, 0.4) is 0 Å². The van der Waals surface area contributed by atoms with Crippen molar-refractivity contribution in [2.75, 3.05) is 6.61 Å². The van der Waals surface area contributed by atoms with Crippen LogP contribution in [0.1, 0.15) is 10.5 Å². The van der Waals surface area contributed by atoms with Gasteiger partial charge in [0, 0.05) is 6.07 Å². The minimum Gasteiger partial charge on any atom is -0.477 e. The van der Waals surface area contributed by atoms with E-state index in [4.69, 9.17) is 9.84 Å². The molecule has 1 heterocycles. The highest BCUT2D eigenvalue weighted by Crippen LogP contribution is 2.07. The first-order chi connectivity index (χ1) is 6.24. The lowest BCUT2D eigenvalue weighted by Crippen LogP contribution is -2.02. The van der Waals surface area contributed by atoms with Crippen molar-refractivity contribution in [1.82, 2.24) is 4.98 Å². The van der Waals surface area contributed by atoms with Gasteiger partial charge in [0.25, 0.3) is 0 Å². The molecule has 0 atom stereocenters. The summed E-state index contributed by atoms with van der Waals surface area (Å²) in [6.45, 7) is 3.78. The van der Waals surface area contributed by atoms with E-state index in [9.17, 15) is 4.79 Å². The number of carboxylic acid groups (broad SMARTS) is 1. The third kappa shape index (κ3) is 2.59. The zero-order chi connectivity index (χ0) is 9.68. The maximum Gasteiger partial charge on any atom is 0.354 e. The summed E-state index contributed by atoms with van der Waals surface area (Å²) in [5.74, 6) is -0.774. The van der Waals surface area contributed by atoms with Gasteiger partial charge < -0.3 is 9.84 Å². The maximum absolute atomic E-state index is 10.5. The van der Waals surface area contributed by atoms with Gasteiger partial charge in [0.15, 0.2) is 5.69 Å². The van der Waals surface area contributed by atoms with Crippen molar-refractivity contribution in [3.8, 4) is 5.88 Å². The Morgan fingerprint density at radius 1 is 1.69 bits per heavy atom. The van der Waals surface area contributed by atoms with E-state index in [0.29, 0.717) is 12.5 Å². The summed E-state index contributed by atoms with van der Waals surface area (Å²) < 4.78 is 5.05. The number of hydrogen-bond donors (Lipinski definition) is 1. The second kappa shape index (κ2) is 4.25. The molecule has 0 radical (unpaired) electrons. The fourth-order valence-corrected chi connectivity index (χ4v) is 0.759. The number of hydrogen-bond acceptors (Lipinski definition) is 3. The number of ether oxygens (including phenoxy) is 1. The molecule has 68 valence electrons. The summed E-state index contributed by atoms with van der Waals surface area (Å²) in [5, 5.41) is 8.60. The SMILES string of the molecule is C=CCOc1cccc(C(=O)O)n1. The normalized spacial score (nSPS) is 9.23. The van der Waals surface area contributed by atoms with Crippen LogP contribution in [0.2, 0.25) is 0 Å². The number of carbonyl (C=O) groups is 1. The number of pyridine rings is 1. The lowest BCUT2D eigenvalue weighted by atomic mass is 10.3. The smallest absolute Gasteiger partial charge is 0.354 e. The molecule has 1 rings (SSSR count). The van der Waals surface area contributed by atoms with Crippen LogP contribution in [0.5, 0.6) is 5.88 Å². The Hall–Kier alpha value is -1.84. The molecule has 0 aliphatic rings. The Bertz CT molecular complexity index is 322. The zero-order valence-electron chi connectivity index (χ0n) is 6.93. The van der Waals surface area contributed by atoms with Gasteiger partial charge in [0.2, 0.25) is 5.88 Å². The van der Waals surface area contributed by atoms with Gasteiger partial charge in [-0.2, -0.15) is 0 Å². The van der Waals surface area contributed by atoms with Gasteiger partial charge in [-0.05, 0) is 6.07 Å². The number of rotatable bonds is 4. The lowest BCUT2D eigenvalue weighted by molar-refractivity contribution is 0.0689. The Morgan fingerprint density at radius 3 is 3.08 bits per heavy atom. The van der Waals surface area contributed by atoms with Gasteiger partial charge in [0.05, 0.1) is 0 Å². The van der Waals surface area contributed by atoms with Crippen LogP contribution in [0.25, 0.3) is 0 Å². The molecule has 0 amide bonds. The van der Waals surface area contributed by atoms with E-state index in [2.05, 4.69) is 11.6 Å². The van der Waals surface area contributed by atoms with Crippen molar-refractivity contribution in [3.05, 3.63) is 36.5 Å². The van der Waals surface area contributed by atoms with Crippen LogP contribution in [0.4, 0.5) is 0 Å². The van der Waals surface area contributed by atoms with Crippen molar-refractivity contribution in [2.45, 2.75) is 0 Å². The van der Waals surface area contributed by atoms with Crippen LogP contribution >= 0.6 is 0 Å². The zero-order valence-corrected chi connectivity index (χ0v) is 6.93. The van der Waals surface area contributed by atoms with E-state index in [0.717, 1.165) is 0 Å². The number of nitrogens with zero attached hydrogens (tertiary/aromatic N) is 1. The van der Waals surface area contributed by atoms with Gasteiger partial charge in [0.1, 0.15) is 6.61 Å². The predicted octanol–water partition coefficient (Wildman–Crippen LogP) is 1.34. The summed E-state index contributed by atoms with van der Waals surface area (Å²) in [6.07, 6.45) is 1.56. The third-order valence-electron chi connectivity index (χ3n) is 1.29. The molecule has 1 aromatic heterocycles. The van der Waals surface area contributed by atoms with E-state index in [1.165, 1.54) is 6.07 Å². The van der Waals surface area contributed by atoms with Gasteiger partial charge in [-0.3, -0.25) is 0 Å². The fourth-order valence-electron chi connectivity index (χ4n) is 0.759. The Morgan fingerprint density at radius 2 is 2.46 bits per heavy atom. The highest BCUT2D eigenvalue weighted by molar-refractivity contribution is 5.85. The molecule has 0 aliphatic heterocycles. The highest BCUT2D eigenvalue weighted by atomic mass is 16.5. The molecule has 0 fully saturated rings. The average molecular weight is 179 g/mol. The van der Waals surface area contributed by atoms with Crippen LogP contribution in [0, 0.1) is 0 Å². The summed E-state index contributed by atoms with van der Waals surface area (Å²) in [4.78, 5) is 14.2. The molecule has 4 nitrogen and oxygen atoms in total. The fraction of sp³-hybridized carbons (Fsp3) is 0.111. The van der Waals surface area contributed by atoms with Crippen molar-refractivity contribution >= 4 is 5.97 Å². The standard InChI is InChI=1S/C9H9NO3/c1-2-6-13-8-5-3-4-7(10-8)9(11)12/h2-5H,1,6H2,(H,11,12). The van der Waals surface area contributed by atoms with Gasteiger partial charge in [-0.15, -0.1) is 0 Å². The summed E-state index contributed by atoms with van der Waals surface area (Å²) in [7, 11) is 0. The van der Waals surface area contributed by atoms with Crippen LogP contribution in [0.15, 0.2) is 30.9 Å². The molecule has 0 saturated carbocycles. The summed E-state index contributed by atoms with van der Waals surface area (Å²) in [6, 6.07) is 4.58. The first-order valence-electron chi connectivity index (χ1n) is 3.68. The second-order valence-corrected chi connectivity index (χ2v) is 2.27. The van der Waals surface area contributed by atoms with Crippen molar-refractivity contribution in [1.29, 1.82) is 0 Å². The summed E-state index contributed by atoms with van der Waals surface area (Å²) >= 11 is 0. The molecular weight excluding hydrogens is 170 g/mol. The maximum atomic E-state index is 10.5. The number of aromatic carboxylic acids is 1. The van der Waals surface area contributed by atoms with Crippen molar-refractivity contribution < 1.29 is 14.6 Å². The van der Waals surface area contributed by atoms with Crippen LogP contribution < -0.4 is 4.74 Å². The second-order valence-electron chi connectivity index (χ2n) is 2.27. The lowest BCUT2D eigenvalue weighted by Gasteiger charge is -2.01. The molecule has 4 heteroatoms. The molecule has 0 aliphatic carbocycles. The Balaban J connectivity index is 2.79. The van der Waals surface area contributed by atoms with Crippen LogP contribution in [-0.2, 0) is 0 Å². The molecule has 0 unspecified atom stereocenters. The Kier molecular flexibility index (Phi) is 3.03. The van der Waals surface area contributed by atoms with E-state index >= 15 is 0 Å². The van der Waals surface area contributed by atoms with E-state index in [1.54, 1.807) is 18.2 Å². The highest BCUT2D eigenvalue weighted by Gasteiger charge is 2.04. The molecular formula is C9H9NO3. The van der Waals surface area contributed by atoms with Crippen LogP contribution in [-0.4, -0.2) is 22.7 Å².